The standard InChI is InChI=1S/C52H85NO19/c1-15-38-35(26-64-51-48(63-14)47(62-13)46(31(7)67-51)70-39(58)22-27(2)3)18-16-17-19-36(56)28(4)23-34(20-21-54)44(29(5)37(57)24-40(59)69-38)72-50-43(60)42(53(11)12)45(30(6)66-50)71-41-25-52(10,61)49(32(8)65-41)68-33(9)55/h16-19,21,27-32,34-35,37-38,41-51,57,60-61H,15,20,22-26H2,1-14H3. The molecular formula is C52H85NO19. The molecule has 3 saturated heterocycles. The van der Waals surface area contributed by atoms with Crippen molar-refractivity contribution in [3.05, 3.63) is 24.3 Å². The summed E-state index contributed by atoms with van der Waals surface area (Å²) >= 11 is 0. The van der Waals surface area contributed by atoms with E-state index in [-0.39, 0.29) is 44.0 Å². The minimum Gasteiger partial charge on any atom is -0.462 e. The van der Waals surface area contributed by atoms with Crippen LogP contribution < -0.4 is 0 Å². The lowest BCUT2D eigenvalue weighted by atomic mass is 9.79. The molecule has 0 aliphatic carbocycles. The van der Waals surface area contributed by atoms with Crippen LogP contribution in [0.4, 0.5) is 0 Å². The molecule has 0 aromatic rings. The average molecular weight is 1030 g/mol. The highest BCUT2D eigenvalue weighted by Gasteiger charge is 2.53. The van der Waals surface area contributed by atoms with Gasteiger partial charge in [0, 0.05) is 58.2 Å². The largest absolute Gasteiger partial charge is 0.462 e. The van der Waals surface area contributed by atoms with Gasteiger partial charge in [0.15, 0.2) is 36.9 Å². The molecule has 21 unspecified atom stereocenters. The highest BCUT2D eigenvalue weighted by atomic mass is 16.7. The Hall–Kier alpha value is -3.25. The van der Waals surface area contributed by atoms with E-state index in [1.807, 2.05) is 20.8 Å². The van der Waals surface area contributed by atoms with E-state index in [0.29, 0.717) is 12.7 Å². The molecule has 72 heavy (non-hydrogen) atoms. The number of ether oxygens (including phenoxy) is 11. The van der Waals surface area contributed by atoms with E-state index in [2.05, 4.69) is 0 Å². The number of aliphatic hydroxyl groups excluding tert-OH is 2. The van der Waals surface area contributed by atoms with Gasteiger partial charge in [-0.15, -0.1) is 0 Å². The quantitative estimate of drug-likeness (QED) is 0.107. The molecule has 0 aromatic carbocycles. The van der Waals surface area contributed by atoms with Crippen LogP contribution in [0.1, 0.15) is 108 Å². The third kappa shape index (κ3) is 16.4. The summed E-state index contributed by atoms with van der Waals surface area (Å²) in [7, 11) is 6.44. The fourth-order valence-corrected chi connectivity index (χ4v) is 10.4. The predicted molar refractivity (Wildman–Crippen MR) is 259 cm³/mol. The van der Waals surface area contributed by atoms with E-state index in [0.717, 1.165) is 0 Å². The van der Waals surface area contributed by atoms with Gasteiger partial charge in [-0.3, -0.25) is 19.2 Å². The SMILES string of the molecule is CCC1OC(=O)CC(O)C(C)C(OC2OC(C)C(OC3CC(C)(O)C(OC(C)=O)C(C)O3)C(N(C)C)C2O)C(CC=O)CC(C)C(=O)C=CC=CC1COC1OC(C)C(OC(=O)CC(C)C)C(OC)C1OC. The Labute approximate surface area is 425 Å². The van der Waals surface area contributed by atoms with Crippen molar-refractivity contribution in [2.75, 3.05) is 34.9 Å². The Morgan fingerprint density at radius 2 is 1.54 bits per heavy atom. The van der Waals surface area contributed by atoms with E-state index in [1.54, 1.807) is 71.8 Å². The minimum absolute atomic E-state index is 0.0413. The number of aliphatic hydroxyl groups is 3. The van der Waals surface area contributed by atoms with Gasteiger partial charge in [0.25, 0.3) is 0 Å². The van der Waals surface area contributed by atoms with Gasteiger partial charge < -0.3 is 77.1 Å². The molecule has 3 fully saturated rings. The fraction of sp³-hybridized carbons (Fsp3) is 0.827. The number of ketones is 1. The number of methoxy groups -OCH3 is 2. The summed E-state index contributed by atoms with van der Waals surface area (Å²) in [6, 6.07) is -0.785. The van der Waals surface area contributed by atoms with Crippen LogP contribution in [-0.2, 0) is 76.1 Å². The van der Waals surface area contributed by atoms with Crippen molar-refractivity contribution >= 4 is 30.0 Å². The lowest BCUT2D eigenvalue weighted by molar-refractivity contribution is -0.342. The van der Waals surface area contributed by atoms with Crippen molar-refractivity contribution in [3.8, 4) is 0 Å². The Kier molecular flexibility index (Phi) is 23.9. The number of rotatable bonds is 17. The number of hydrogen-bond acceptors (Lipinski definition) is 20. The van der Waals surface area contributed by atoms with Crippen molar-refractivity contribution in [2.45, 2.75) is 212 Å². The summed E-state index contributed by atoms with van der Waals surface area (Å²) in [6.07, 6.45) is -6.95. The van der Waals surface area contributed by atoms with Crippen molar-refractivity contribution in [1.82, 2.24) is 4.90 Å². The Morgan fingerprint density at radius 3 is 2.12 bits per heavy atom. The van der Waals surface area contributed by atoms with Gasteiger partial charge in [-0.1, -0.05) is 52.8 Å². The molecule has 0 amide bonds. The second-order valence-corrected chi connectivity index (χ2v) is 20.9. The maximum Gasteiger partial charge on any atom is 0.308 e. The van der Waals surface area contributed by atoms with Crippen LogP contribution in [0.5, 0.6) is 0 Å². The first-order chi connectivity index (χ1) is 33.9. The molecule has 4 aliphatic rings. The van der Waals surface area contributed by atoms with E-state index in [4.69, 9.17) is 52.1 Å². The second kappa shape index (κ2) is 28.0. The molecule has 21 atom stereocenters. The molecule has 412 valence electrons. The summed E-state index contributed by atoms with van der Waals surface area (Å²) in [6.45, 7) is 16.9. The number of allylic oxidation sites excluding steroid dienone is 3. The van der Waals surface area contributed by atoms with E-state index < -0.39 is 152 Å². The van der Waals surface area contributed by atoms with Crippen molar-refractivity contribution < 1.29 is 91.4 Å². The Bertz CT molecular complexity index is 1810. The normalized spacial score (nSPS) is 40.7. The molecule has 0 radical (unpaired) electrons. The van der Waals surface area contributed by atoms with Gasteiger partial charge in [-0.2, -0.15) is 0 Å². The number of cyclic esters (lactones) is 1. The Morgan fingerprint density at radius 1 is 0.889 bits per heavy atom. The first-order valence-electron chi connectivity index (χ1n) is 25.4. The maximum absolute atomic E-state index is 13.9. The molecule has 20 heteroatoms. The van der Waals surface area contributed by atoms with Crippen LogP contribution in [0.2, 0.25) is 0 Å². The molecule has 3 N–H and O–H groups in total. The highest BCUT2D eigenvalue weighted by molar-refractivity contribution is 5.91. The van der Waals surface area contributed by atoms with Gasteiger partial charge in [0.2, 0.25) is 0 Å². The molecule has 4 aliphatic heterocycles. The topological polar surface area (TPSA) is 251 Å². The molecule has 0 spiro atoms. The lowest BCUT2D eigenvalue weighted by Crippen LogP contribution is -2.65. The summed E-state index contributed by atoms with van der Waals surface area (Å²) in [5.74, 6) is -4.62. The lowest BCUT2D eigenvalue weighted by Gasteiger charge is -2.50. The molecule has 0 bridgehead atoms. The van der Waals surface area contributed by atoms with E-state index >= 15 is 0 Å². The van der Waals surface area contributed by atoms with Crippen LogP contribution in [-0.4, -0.2) is 189 Å². The van der Waals surface area contributed by atoms with E-state index in [1.165, 1.54) is 34.1 Å². The van der Waals surface area contributed by atoms with Crippen LogP contribution >= 0.6 is 0 Å². The van der Waals surface area contributed by atoms with Gasteiger partial charge in [-0.05, 0) is 72.5 Å². The van der Waals surface area contributed by atoms with Crippen molar-refractivity contribution in [3.63, 3.8) is 0 Å². The molecule has 4 rings (SSSR count). The summed E-state index contributed by atoms with van der Waals surface area (Å²) < 4.78 is 67.0. The van der Waals surface area contributed by atoms with Crippen LogP contribution in [0.15, 0.2) is 24.3 Å². The fourth-order valence-electron chi connectivity index (χ4n) is 10.4. The predicted octanol–water partition coefficient (Wildman–Crippen LogP) is 3.61. The first-order valence-corrected chi connectivity index (χ1v) is 25.4. The highest BCUT2D eigenvalue weighted by Crippen LogP contribution is 2.38. The van der Waals surface area contributed by atoms with Gasteiger partial charge in [0.05, 0.1) is 49.6 Å². The Balaban J connectivity index is 1.57. The van der Waals surface area contributed by atoms with Gasteiger partial charge in [-0.25, -0.2) is 0 Å². The first kappa shape index (κ1) is 61.3. The number of esters is 3. The van der Waals surface area contributed by atoms with Crippen LogP contribution in [0.25, 0.3) is 0 Å². The number of nitrogens with zero attached hydrogens (tertiary/aromatic N) is 1. The number of aldehydes is 1. The van der Waals surface area contributed by atoms with E-state index in [9.17, 15) is 39.3 Å². The molecule has 0 saturated carbocycles. The van der Waals surface area contributed by atoms with Gasteiger partial charge in [0.1, 0.15) is 42.4 Å². The zero-order valence-electron chi connectivity index (χ0n) is 44.8. The third-order valence-electron chi connectivity index (χ3n) is 14.2. The average Bonchev–Trinajstić information content (AvgIpc) is 3.29. The summed E-state index contributed by atoms with van der Waals surface area (Å²) in [4.78, 5) is 66.2. The number of hydrogen-bond donors (Lipinski definition) is 3. The molecule has 4 heterocycles. The zero-order chi connectivity index (χ0) is 53.8. The number of carbonyl (C=O) groups is 5. The van der Waals surface area contributed by atoms with Crippen molar-refractivity contribution in [2.24, 2.45) is 29.6 Å². The van der Waals surface area contributed by atoms with Crippen molar-refractivity contribution in [1.29, 1.82) is 0 Å². The maximum atomic E-state index is 13.9. The third-order valence-corrected chi connectivity index (χ3v) is 14.2. The summed E-state index contributed by atoms with van der Waals surface area (Å²) in [5.41, 5.74) is -1.50. The second-order valence-electron chi connectivity index (χ2n) is 20.9. The van der Waals surface area contributed by atoms with Crippen LogP contribution in [0, 0.1) is 29.6 Å². The van der Waals surface area contributed by atoms with Crippen LogP contribution in [0.3, 0.4) is 0 Å². The number of likely N-dealkylation sites (N-methyl/N-ethyl adjacent to an activating group) is 1. The smallest absolute Gasteiger partial charge is 0.308 e. The van der Waals surface area contributed by atoms with Gasteiger partial charge >= 0.3 is 17.9 Å². The molecular weight excluding hydrogens is 943 g/mol. The molecule has 0 aromatic heterocycles. The monoisotopic (exact) mass is 1030 g/mol. The minimum atomic E-state index is -1.50. The molecule has 20 nitrogen and oxygen atoms in total. The zero-order valence-corrected chi connectivity index (χ0v) is 44.8. The summed E-state index contributed by atoms with van der Waals surface area (Å²) in [5, 5.41) is 35.3. The number of carbonyl (C=O) groups excluding carboxylic acids is 5.